The molecule has 0 amide bonds. The fourth-order valence-electron chi connectivity index (χ4n) is 2.31. The molecule has 6 nitrogen and oxygen atoms in total. The van der Waals surface area contributed by atoms with Crippen molar-refractivity contribution in [3.05, 3.63) is 42.0 Å². The van der Waals surface area contributed by atoms with E-state index in [-0.39, 0.29) is 0 Å². The van der Waals surface area contributed by atoms with E-state index in [1.165, 1.54) is 0 Å². The molecule has 3 aromatic rings. The van der Waals surface area contributed by atoms with Crippen molar-refractivity contribution in [1.82, 2.24) is 25.0 Å². The van der Waals surface area contributed by atoms with Gasteiger partial charge in [0.05, 0.1) is 17.0 Å². The molecule has 0 aromatic carbocycles. The quantitative estimate of drug-likeness (QED) is 0.777. The van der Waals surface area contributed by atoms with Gasteiger partial charge in [0, 0.05) is 30.6 Å². The van der Waals surface area contributed by atoms with Crippen LogP contribution in [-0.4, -0.2) is 25.0 Å². The predicted octanol–water partition coefficient (Wildman–Crippen LogP) is 2.14. The van der Waals surface area contributed by atoms with Gasteiger partial charge in [0.15, 0.2) is 0 Å². The summed E-state index contributed by atoms with van der Waals surface area (Å²) in [5.74, 6) is 0.604. The number of anilines is 1. The number of nitrogens with zero attached hydrogens (tertiary/aromatic N) is 5. The molecule has 0 fully saturated rings. The molecular weight excluding hydrogens is 264 g/mol. The van der Waals surface area contributed by atoms with Gasteiger partial charge in [-0.15, -0.1) is 0 Å². The minimum atomic E-state index is 0.604. The summed E-state index contributed by atoms with van der Waals surface area (Å²) in [6, 6.07) is 5.83. The molecular formula is C15H16N6. The van der Waals surface area contributed by atoms with Crippen molar-refractivity contribution in [3.8, 4) is 22.4 Å². The van der Waals surface area contributed by atoms with Crippen LogP contribution in [0.25, 0.3) is 22.4 Å². The summed E-state index contributed by atoms with van der Waals surface area (Å²) in [7, 11) is 1.83. The molecule has 0 radical (unpaired) electrons. The molecule has 3 rings (SSSR count). The minimum Gasteiger partial charge on any atom is -0.383 e. The summed E-state index contributed by atoms with van der Waals surface area (Å²) in [6.45, 7) is 3.83. The fourth-order valence-corrected chi connectivity index (χ4v) is 2.31. The van der Waals surface area contributed by atoms with Crippen molar-refractivity contribution in [2.24, 2.45) is 7.05 Å². The number of rotatable bonds is 2. The van der Waals surface area contributed by atoms with E-state index in [0.29, 0.717) is 5.82 Å². The second kappa shape index (κ2) is 4.97. The molecule has 0 spiro atoms. The Bertz CT molecular complexity index is 791. The first-order valence-electron chi connectivity index (χ1n) is 6.62. The minimum absolute atomic E-state index is 0.604. The van der Waals surface area contributed by atoms with Crippen molar-refractivity contribution in [2.75, 3.05) is 5.73 Å². The number of nitrogen functional groups attached to an aromatic ring is 1. The smallest absolute Gasteiger partial charge is 0.129 e. The van der Waals surface area contributed by atoms with Crippen LogP contribution in [0.5, 0.6) is 0 Å². The standard InChI is InChI=1S/C15H16N6/c1-9-7-12(10(2)19-18-9)14-13(15(16)21(3)20-14)11-5-4-6-17-8-11/h4-8H,16H2,1-3H3. The molecule has 0 saturated carbocycles. The van der Waals surface area contributed by atoms with Gasteiger partial charge in [0.1, 0.15) is 11.5 Å². The van der Waals surface area contributed by atoms with Crippen molar-refractivity contribution in [3.63, 3.8) is 0 Å². The highest BCUT2D eigenvalue weighted by atomic mass is 15.3. The van der Waals surface area contributed by atoms with E-state index in [2.05, 4.69) is 20.3 Å². The zero-order valence-corrected chi connectivity index (χ0v) is 12.2. The van der Waals surface area contributed by atoms with Crippen molar-refractivity contribution in [2.45, 2.75) is 13.8 Å². The Morgan fingerprint density at radius 2 is 2.00 bits per heavy atom. The third-order valence-corrected chi connectivity index (χ3v) is 3.40. The van der Waals surface area contributed by atoms with Gasteiger partial charge in [-0.1, -0.05) is 6.07 Å². The van der Waals surface area contributed by atoms with Gasteiger partial charge in [0.2, 0.25) is 0 Å². The number of aryl methyl sites for hydroxylation is 3. The van der Waals surface area contributed by atoms with Gasteiger partial charge in [-0.2, -0.15) is 15.3 Å². The molecule has 0 unspecified atom stereocenters. The van der Waals surface area contributed by atoms with E-state index in [4.69, 9.17) is 5.73 Å². The average Bonchev–Trinajstić information content (AvgIpc) is 2.78. The average molecular weight is 280 g/mol. The molecule has 0 aliphatic rings. The maximum absolute atomic E-state index is 6.20. The van der Waals surface area contributed by atoms with Crippen LogP contribution in [0.15, 0.2) is 30.6 Å². The third-order valence-electron chi connectivity index (χ3n) is 3.40. The number of hydrogen-bond donors (Lipinski definition) is 1. The number of pyridine rings is 1. The second-order valence-electron chi connectivity index (χ2n) is 4.96. The summed E-state index contributed by atoms with van der Waals surface area (Å²) in [6.07, 6.45) is 3.52. The molecule has 0 bridgehead atoms. The van der Waals surface area contributed by atoms with E-state index < -0.39 is 0 Å². The Kier molecular flexibility index (Phi) is 3.13. The summed E-state index contributed by atoms with van der Waals surface area (Å²) in [5.41, 5.74) is 11.4. The van der Waals surface area contributed by atoms with Gasteiger partial charge in [0.25, 0.3) is 0 Å². The first kappa shape index (κ1) is 13.2. The zero-order valence-electron chi connectivity index (χ0n) is 12.2. The maximum Gasteiger partial charge on any atom is 0.129 e. The van der Waals surface area contributed by atoms with Crippen LogP contribution in [-0.2, 0) is 7.05 Å². The molecule has 3 aromatic heterocycles. The molecule has 21 heavy (non-hydrogen) atoms. The van der Waals surface area contributed by atoms with Gasteiger partial charge in [-0.25, -0.2) is 0 Å². The summed E-state index contributed by atoms with van der Waals surface area (Å²) >= 11 is 0. The van der Waals surface area contributed by atoms with Crippen molar-refractivity contribution in [1.29, 1.82) is 0 Å². The molecule has 0 atom stereocenters. The van der Waals surface area contributed by atoms with Crippen LogP contribution < -0.4 is 5.73 Å². The fraction of sp³-hybridized carbons (Fsp3) is 0.200. The van der Waals surface area contributed by atoms with Crippen LogP contribution in [0.2, 0.25) is 0 Å². The lowest BCUT2D eigenvalue weighted by Crippen LogP contribution is -1.98. The highest BCUT2D eigenvalue weighted by molar-refractivity contribution is 5.88. The van der Waals surface area contributed by atoms with Crippen LogP contribution in [0.1, 0.15) is 11.4 Å². The largest absolute Gasteiger partial charge is 0.383 e. The Balaban J connectivity index is 2.29. The molecule has 106 valence electrons. The molecule has 3 heterocycles. The highest BCUT2D eigenvalue weighted by Gasteiger charge is 2.19. The van der Waals surface area contributed by atoms with Gasteiger partial charge < -0.3 is 5.73 Å². The summed E-state index contributed by atoms with van der Waals surface area (Å²) < 4.78 is 1.67. The lowest BCUT2D eigenvalue weighted by atomic mass is 10.0. The topological polar surface area (TPSA) is 82.5 Å². The number of aromatic nitrogens is 5. The molecule has 6 heteroatoms. The van der Waals surface area contributed by atoms with E-state index >= 15 is 0 Å². The number of hydrogen-bond acceptors (Lipinski definition) is 5. The van der Waals surface area contributed by atoms with Gasteiger partial charge in [-0.3, -0.25) is 9.67 Å². The lowest BCUT2D eigenvalue weighted by molar-refractivity contribution is 0.781. The van der Waals surface area contributed by atoms with Crippen molar-refractivity contribution < 1.29 is 0 Å². The SMILES string of the molecule is Cc1cc(-c2nn(C)c(N)c2-c2cccnc2)c(C)nn1. The predicted molar refractivity (Wildman–Crippen MR) is 81.4 cm³/mol. The monoisotopic (exact) mass is 280 g/mol. The van der Waals surface area contributed by atoms with Crippen LogP contribution >= 0.6 is 0 Å². The molecule has 0 aliphatic heterocycles. The molecule has 0 aliphatic carbocycles. The Labute approximate surface area is 122 Å². The first-order valence-corrected chi connectivity index (χ1v) is 6.62. The maximum atomic E-state index is 6.20. The summed E-state index contributed by atoms with van der Waals surface area (Å²) in [4.78, 5) is 4.17. The Hall–Kier alpha value is -2.76. The summed E-state index contributed by atoms with van der Waals surface area (Å²) in [5, 5.41) is 12.8. The highest BCUT2D eigenvalue weighted by Crippen LogP contribution is 2.36. The van der Waals surface area contributed by atoms with Crippen LogP contribution in [0.3, 0.4) is 0 Å². The van der Waals surface area contributed by atoms with Crippen LogP contribution in [0, 0.1) is 13.8 Å². The number of nitrogens with two attached hydrogens (primary N) is 1. The zero-order chi connectivity index (χ0) is 15.0. The first-order chi connectivity index (χ1) is 10.1. The van der Waals surface area contributed by atoms with Crippen LogP contribution in [0.4, 0.5) is 5.82 Å². The van der Waals surface area contributed by atoms with Gasteiger partial charge in [-0.05, 0) is 26.0 Å². The second-order valence-corrected chi connectivity index (χ2v) is 4.96. The van der Waals surface area contributed by atoms with E-state index in [1.807, 2.05) is 39.1 Å². The van der Waals surface area contributed by atoms with Gasteiger partial charge >= 0.3 is 0 Å². The lowest BCUT2D eigenvalue weighted by Gasteiger charge is -2.06. The molecule has 2 N–H and O–H groups in total. The van der Waals surface area contributed by atoms with E-state index in [1.54, 1.807) is 17.1 Å². The third kappa shape index (κ3) is 2.24. The molecule has 0 saturated heterocycles. The Morgan fingerprint density at radius 1 is 1.19 bits per heavy atom. The van der Waals surface area contributed by atoms with Crippen molar-refractivity contribution >= 4 is 5.82 Å². The normalized spacial score (nSPS) is 10.8. The van der Waals surface area contributed by atoms with E-state index in [9.17, 15) is 0 Å². The van der Waals surface area contributed by atoms with E-state index in [0.717, 1.165) is 33.8 Å². The Morgan fingerprint density at radius 3 is 2.71 bits per heavy atom.